The van der Waals surface area contributed by atoms with Crippen molar-refractivity contribution in [1.29, 1.82) is 0 Å². The van der Waals surface area contributed by atoms with E-state index in [1.165, 1.54) is 9.80 Å². The van der Waals surface area contributed by atoms with E-state index in [1.807, 2.05) is 30.3 Å². The monoisotopic (exact) mass is 575 g/mol. The van der Waals surface area contributed by atoms with Gasteiger partial charge in [-0.2, -0.15) is 0 Å². The van der Waals surface area contributed by atoms with Crippen LogP contribution < -0.4 is 5.32 Å². The number of hydrogen-bond donors (Lipinski definition) is 4. The molecule has 2 aliphatic rings. The number of likely N-dealkylation sites (N-methyl/N-ethyl adjacent to an activating group) is 1. The van der Waals surface area contributed by atoms with Crippen molar-refractivity contribution in [3.63, 3.8) is 0 Å². The van der Waals surface area contributed by atoms with Crippen LogP contribution in [0.1, 0.15) is 22.3 Å². The molecule has 2 atom stereocenters. The Kier molecular flexibility index (Phi) is 9.22. The van der Waals surface area contributed by atoms with Crippen molar-refractivity contribution in [2.45, 2.75) is 28.6 Å². The molecule has 1 spiro atoms. The highest BCUT2D eigenvalue weighted by molar-refractivity contribution is 8.21. The topological polar surface area (TPSA) is 130 Å². The molecule has 4 rings (SSSR count). The van der Waals surface area contributed by atoms with Crippen molar-refractivity contribution in [1.82, 2.24) is 15.1 Å². The summed E-state index contributed by atoms with van der Waals surface area (Å²) in [6.45, 7) is 0.201. The minimum atomic E-state index is -4.15. The van der Waals surface area contributed by atoms with Gasteiger partial charge in [0.1, 0.15) is 6.04 Å². The van der Waals surface area contributed by atoms with Crippen molar-refractivity contribution in [2.75, 3.05) is 37.8 Å². The van der Waals surface area contributed by atoms with Gasteiger partial charge >= 0.3 is 14.5 Å². The number of carbonyl (C=O) groups is 3. The highest BCUT2D eigenvalue weighted by Gasteiger charge is 2.51. The van der Waals surface area contributed by atoms with Gasteiger partial charge in [0.15, 0.2) is 0 Å². The molecule has 0 radical (unpaired) electrons. The molecule has 0 aromatic heterocycles. The van der Waals surface area contributed by atoms with Gasteiger partial charge in [-0.1, -0.05) is 48.5 Å². The second-order valence-corrected chi connectivity index (χ2v) is 15.8. The molecule has 38 heavy (non-hydrogen) atoms. The van der Waals surface area contributed by atoms with Crippen LogP contribution in [-0.4, -0.2) is 104 Å². The van der Waals surface area contributed by atoms with Gasteiger partial charge < -0.3 is 24.9 Å². The lowest BCUT2D eigenvalue weighted by atomic mass is 10.1. The number of likely N-dealkylation sites (tertiary alicyclic amines) is 1. The molecule has 2 fully saturated rings. The molecular formula is C26H33N3O6S2Si. The average molecular weight is 576 g/mol. The second-order valence-electron chi connectivity index (χ2n) is 9.82. The first-order valence-electron chi connectivity index (χ1n) is 12.4. The molecule has 0 aliphatic carbocycles. The Morgan fingerprint density at radius 3 is 2.29 bits per heavy atom. The van der Waals surface area contributed by atoms with Gasteiger partial charge in [0.25, 0.3) is 5.91 Å². The van der Waals surface area contributed by atoms with E-state index in [0.29, 0.717) is 18.5 Å². The smallest absolute Gasteiger partial charge is 0.370 e. The summed E-state index contributed by atoms with van der Waals surface area (Å²) in [5.74, 6) is 0.0655. The number of benzene rings is 2. The van der Waals surface area contributed by atoms with Crippen LogP contribution in [0.5, 0.6) is 0 Å². The molecule has 1 unspecified atom stereocenters. The highest BCUT2D eigenvalue weighted by Crippen LogP contribution is 2.51. The van der Waals surface area contributed by atoms with Gasteiger partial charge in [-0.3, -0.25) is 14.5 Å². The number of nitrogens with one attached hydrogen (secondary N) is 1. The molecule has 0 saturated carbocycles. The van der Waals surface area contributed by atoms with Gasteiger partial charge in [-0.05, 0) is 31.2 Å². The van der Waals surface area contributed by atoms with E-state index in [4.69, 9.17) is 0 Å². The van der Waals surface area contributed by atoms with Crippen molar-refractivity contribution in [3.8, 4) is 0 Å². The molecule has 2 amide bonds. The first-order valence-corrected chi connectivity index (χ1v) is 16.6. The number of amides is 2. The van der Waals surface area contributed by atoms with Crippen molar-refractivity contribution in [2.24, 2.45) is 0 Å². The predicted molar refractivity (Wildman–Crippen MR) is 151 cm³/mol. The first kappa shape index (κ1) is 28.6. The quantitative estimate of drug-likeness (QED) is 0.310. The van der Waals surface area contributed by atoms with Crippen LogP contribution in [0.3, 0.4) is 0 Å². The van der Waals surface area contributed by atoms with E-state index in [-0.39, 0.29) is 29.1 Å². The van der Waals surface area contributed by atoms with Gasteiger partial charge in [-0.15, -0.1) is 23.5 Å². The molecule has 2 heterocycles. The Bertz CT molecular complexity index is 1130. The maximum atomic E-state index is 13.2. The minimum absolute atomic E-state index is 0.157. The fourth-order valence-corrected chi connectivity index (χ4v) is 10.2. The lowest BCUT2D eigenvalue weighted by Gasteiger charge is -2.33. The number of nitrogens with zero attached hydrogens (tertiary/aromatic N) is 2. The number of thioether (sulfide) groups is 2. The number of carboxylic acid groups (broad SMARTS) is 1. The first-order chi connectivity index (χ1) is 18.1. The molecular weight excluding hydrogens is 543 g/mol. The normalized spacial score (nSPS) is 19.6. The summed E-state index contributed by atoms with van der Waals surface area (Å²) >= 11 is 3.42. The van der Waals surface area contributed by atoms with Gasteiger partial charge in [0, 0.05) is 36.2 Å². The number of carbonyl (C=O) groups excluding carboxylic acids is 2. The van der Waals surface area contributed by atoms with Gasteiger partial charge in [0.05, 0.1) is 16.3 Å². The van der Waals surface area contributed by atoms with E-state index in [0.717, 1.165) is 17.1 Å². The van der Waals surface area contributed by atoms with E-state index < -0.39 is 32.1 Å². The number of rotatable bonds is 10. The van der Waals surface area contributed by atoms with E-state index in [9.17, 15) is 29.1 Å². The predicted octanol–water partition coefficient (Wildman–Crippen LogP) is 1.33. The largest absolute Gasteiger partial charge is 0.480 e. The van der Waals surface area contributed by atoms with Crippen molar-refractivity contribution >= 4 is 49.9 Å². The number of carboxylic acids is 1. The number of hydrogen-bond acceptors (Lipinski definition) is 8. The highest BCUT2D eigenvalue weighted by atomic mass is 32.2. The average Bonchev–Trinajstić information content (AvgIpc) is 3.51. The Labute approximate surface area is 231 Å². The van der Waals surface area contributed by atoms with Gasteiger partial charge in [-0.25, -0.2) is 4.79 Å². The van der Waals surface area contributed by atoms with E-state index in [2.05, 4.69) is 5.32 Å². The zero-order chi connectivity index (χ0) is 27.3. The summed E-state index contributed by atoms with van der Waals surface area (Å²) in [6, 6.07) is 16.9. The maximum absolute atomic E-state index is 13.2. The van der Waals surface area contributed by atoms with Crippen LogP contribution >= 0.6 is 23.5 Å². The standard InChI is InChI=1S/C26H33N3O6S2Si/c1-28(16-23(30)29-17-26(36-12-13-37-26)15-21(29)25(32)33)18-38(34,35)22(14-19-8-4-2-5-9-19)27-24(31)20-10-6-3-7-11-20/h2-11,21-22,34-35H,12-18H2,1H3,(H,27,31)(H,32,33)/t21?,22-/m1/s1. The third kappa shape index (κ3) is 6.99. The van der Waals surface area contributed by atoms with Crippen LogP contribution in [-0.2, 0) is 16.0 Å². The summed E-state index contributed by atoms with van der Waals surface area (Å²) in [4.78, 5) is 63.6. The Hall–Kier alpha value is -2.35. The lowest BCUT2D eigenvalue weighted by Crippen LogP contribution is -2.64. The molecule has 2 aromatic carbocycles. The van der Waals surface area contributed by atoms with Crippen LogP contribution in [0.4, 0.5) is 0 Å². The zero-order valence-corrected chi connectivity index (χ0v) is 23.8. The van der Waals surface area contributed by atoms with E-state index in [1.54, 1.807) is 60.9 Å². The van der Waals surface area contributed by atoms with Crippen LogP contribution in [0.15, 0.2) is 60.7 Å². The SMILES string of the molecule is CN(CC(=O)N1CC2(CC1C(=O)O)SCCS2)C[Si](O)(O)[C@H](Cc1ccccc1)NC(=O)c1ccccc1. The third-order valence-electron chi connectivity index (χ3n) is 6.80. The fourth-order valence-electron chi connectivity index (χ4n) is 4.92. The Balaban J connectivity index is 1.45. The molecule has 204 valence electrons. The molecule has 2 aromatic rings. The van der Waals surface area contributed by atoms with Crippen LogP contribution in [0.25, 0.3) is 0 Å². The summed E-state index contributed by atoms with van der Waals surface area (Å²) in [7, 11) is -2.55. The van der Waals surface area contributed by atoms with Gasteiger partial charge in [0.2, 0.25) is 5.91 Å². The van der Waals surface area contributed by atoms with E-state index >= 15 is 0 Å². The lowest BCUT2D eigenvalue weighted by molar-refractivity contribution is -0.148. The Morgan fingerprint density at radius 1 is 1.08 bits per heavy atom. The van der Waals surface area contributed by atoms with Crippen molar-refractivity contribution < 1.29 is 29.1 Å². The zero-order valence-electron chi connectivity index (χ0n) is 21.2. The summed E-state index contributed by atoms with van der Waals surface area (Å²) in [6.07, 6.45) is 0.409. The molecule has 2 aliphatic heterocycles. The minimum Gasteiger partial charge on any atom is -0.480 e. The second kappa shape index (κ2) is 12.2. The van der Waals surface area contributed by atoms with Crippen molar-refractivity contribution in [3.05, 3.63) is 71.8 Å². The number of aliphatic carboxylic acids is 1. The molecule has 4 N–H and O–H groups in total. The van der Waals surface area contributed by atoms with Crippen LogP contribution in [0, 0.1) is 0 Å². The molecule has 9 nitrogen and oxygen atoms in total. The summed E-state index contributed by atoms with van der Waals surface area (Å²) in [5, 5.41) is 12.6. The maximum Gasteiger partial charge on any atom is 0.370 e. The molecule has 12 heteroatoms. The Morgan fingerprint density at radius 2 is 1.68 bits per heavy atom. The van der Waals surface area contributed by atoms with Crippen LogP contribution in [0.2, 0.25) is 0 Å². The summed E-state index contributed by atoms with van der Waals surface area (Å²) < 4.78 is -0.285. The molecule has 0 bridgehead atoms. The fraction of sp³-hybridized carbons (Fsp3) is 0.423. The summed E-state index contributed by atoms with van der Waals surface area (Å²) in [5.41, 5.74) is 0.301. The molecule has 2 saturated heterocycles. The third-order valence-corrected chi connectivity index (χ3v) is 12.7.